The monoisotopic (exact) mass is 553 g/mol. The van der Waals surface area contributed by atoms with Gasteiger partial charge in [0.15, 0.2) is 0 Å². The largest absolute Gasteiger partial charge is 0.497 e. The van der Waals surface area contributed by atoms with Crippen LogP contribution in [0.3, 0.4) is 0 Å². The van der Waals surface area contributed by atoms with Gasteiger partial charge in [-0.1, -0.05) is 29.8 Å². The van der Waals surface area contributed by atoms with Crippen LogP contribution < -0.4 is 15.2 Å². The number of anilines is 1. The minimum absolute atomic E-state index is 0.145. The van der Waals surface area contributed by atoms with Crippen molar-refractivity contribution in [3.05, 3.63) is 101 Å². The molecule has 0 atom stereocenters. The lowest BCUT2D eigenvalue weighted by Crippen LogP contribution is -2.38. The van der Waals surface area contributed by atoms with E-state index < -0.39 is 17.5 Å². The summed E-state index contributed by atoms with van der Waals surface area (Å²) in [6, 6.07) is 22.6. The molecule has 0 aliphatic carbocycles. The number of aryl methyl sites for hydroxylation is 1. The molecule has 6 rings (SSSR count). The fourth-order valence-corrected chi connectivity index (χ4v) is 5.56. The van der Waals surface area contributed by atoms with Crippen LogP contribution in [0.2, 0.25) is 0 Å². The van der Waals surface area contributed by atoms with Gasteiger partial charge in [0.25, 0.3) is 5.78 Å². The van der Waals surface area contributed by atoms with Crippen molar-refractivity contribution in [2.24, 2.45) is 0 Å². The number of nitrogens with two attached hydrogens (primary N) is 1. The third kappa shape index (κ3) is 4.34. The molecule has 0 aliphatic rings. The van der Waals surface area contributed by atoms with Crippen molar-refractivity contribution in [1.82, 2.24) is 10.3 Å². The maximum Gasteiger partial charge on any atom is 0.393 e. The van der Waals surface area contributed by atoms with Gasteiger partial charge in [0.05, 0.1) is 18.5 Å². The van der Waals surface area contributed by atoms with E-state index >= 15 is 0 Å². The third-order valence-electron chi connectivity index (χ3n) is 6.54. The Hall–Kier alpha value is -5.09. The summed E-state index contributed by atoms with van der Waals surface area (Å²) >= 11 is 1.08. The van der Waals surface area contributed by atoms with Gasteiger partial charge in [-0.15, -0.1) is 11.3 Å². The molecule has 40 heavy (non-hydrogen) atoms. The van der Waals surface area contributed by atoms with Gasteiger partial charge in [0, 0.05) is 27.8 Å². The molecule has 3 heterocycles. The van der Waals surface area contributed by atoms with Gasteiger partial charge in [0.2, 0.25) is 11.0 Å². The summed E-state index contributed by atoms with van der Waals surface area (Å²) in [4.78, 5) is 19.3. The zero-order valence-electron chi connectivity index (χ0n) is 21.4. The Morgan fingerprint density at radius 1 is 1.05 bits per heavy atom. The van der Waals surface area contributed by atoms with E-state index in [1.165, 1.54) is 16.8 Å². The van der Waals surface area contributed by atoms with Crippen molar-refractivity contribution >= 4 is 33.0 Å². The van der Waals surface area contributed by atoms with Crippen LogP contribution in [0.15, 0.2) is 83.4 Å². The molecular formula is C30H22FN4O4S+. The molecule has 198 valence electrons. The van der Waals surface area contributed by atoms with E-state index in [-0.39, 0.29) is 16.3 Å². The zero-order chi connectivity index (χ0) is 28.0. The molecular weight excluding hydrogens is 531 g/mol. The summed E-state index contributed by atoms with van der Waals surface area (Å²) in [5.74, 6) is -0.943. The number of hydrogen-bond acceptors (Lipinski definition) is 8. The molecule has 0 aliphatic heterocycles. The molecule has 0 unspecified atom stereocenters. The van der Waals surface area contributed by atoms with Crippen LogP contribution in [-0.4, -0.2) is 28.3 Å². The molecule has 10 heteroatoms. The molecule has 3 aromatic heterocycles. The Kier molecular flexibility index (Phi) is 6.24. The number of thiophene rings is 1. The van der Waals surface area contributed by atoms with Crippen LogP contribution in [0.4, 0.5) is 10.1 Å². The number of aromatic nitrogens is 3. The molecule has 0 saturated carbocycles. The number of fused-ring (bicyclic) bond motifs is 1. The third-order valence-corrected chi connectivity index (χ3v) is 7.64. The van der Waals surface area contributed by atoms with E-state index in [1.54, 1.807) is 31.4 Å². The van der Waals surface area contributed by atoms with Gasteiger partial charge in [-0.05, 0) is 60.5 Å². The molecule has 8 nitrogen and oxygen atoms in total. The van der Waals surface area contributed by atoms with Crippen LogP contribution in [0.25, 0.3) is 38.3 Å². The summed E-state index contributed by atoms with van der Waals surface area (Å²) < 4.78 is 25.8. The minimum atomic E-state index is -0.639. The Labute approximate surface area is 231 Å². The second-order valence-electron chi connectivity index (χ2n) is 9.12. The highest BCUT2D eigenvalue weighted by Gasteiger charge is 2.37. The van der Waals surface area contributed by atoms with Gasteiger partial charge in [-0.25, -0.2) is 9.37 Å². The van der Waals surface area contributed by atoms with Gasteiger partial charge < -0.3 is 15.6 Å². The summed E-state index contributed by atoms with van der Waals surface area (Å²) in [5.41, 5.74) is 10.7. The molecule has 0 fully saturated rings. The number of carbonyl (C=O) groups excluding carboxylic acids is 1. The predicted molar refractivity (Wildman–Crippen MR) is 149 cm³/mol. The summed E-state index contributed by atoms with van der Waals surface area (Å²) in [6.07, 6.45) is 0. The summed E-state index contributed by atoms with van der Waals surface area (Å²) in [5, 5.41) is 14.8. The summed E-state index contributed by atoms with van der Waals surface area (Å²) in [6.45, 7) is 1.93. The van der Waals surface area contributed by atoms with E-state index in [0.29, 0.717) is 38.5 Å². The highest BCUT2D eigenvalue weighted by molar-refractivity contribution is 7.21. The number of rotatable bonds is 6. The minimum Gasteiger partial charge on any atom is -0.497 e. The Morgan fingerprint density at radius 2 is 1.80 bits per heavy atom. The number of ether oxygens (including phenoxy) is 1. The maximum absolute atomic E-state index is 14.3. The SMILES string of the molecule is COc1ccc(-c2cc(-c3cccc(F)c3)c3c(N)c(C(=O)c4c(O)on[n+]4-c4ccc(C)cc4)sc3n2)cc1. The first-order valence-electron chi connectivity index (χ1n) is 12.2. The summed E-state index contributed by atoms with van der Waals surface area (Å²) in [7, 11) is 1.59. The number of methoxy groups -OCH3 is 1. The standard InChI is InChI=1S/C30H21FN4O4S/c1-16-6-10-20(11-7-16)35-26(30(37)39-34-35)27(36)28-25(32)24-22(18-4-3-5-19(31)14-18)15-23(33-29(24)40-28)17-8-12-21(38-2)13-9-17/h3-15H,1-2H3,(H2-,32,34,36,37)/p+1. The van der Waals surface area contributed by atoms with E-state index in [9.17, 15) is 14.3 Å². The normalized spacial score (nSPS) is 11.2. The fourth-order valence-electron chi connectivity index (χ4n) is 4.50. The molecule has 0 amide bonds. The Morgan fingerprint density at radius 3 is 2.50 bits per heavy atom. The number of pyridine rings is 1. The van der Waals surface area contributed by atoms with Gasteiger partial charge in [-0.2, -0.15) is 0 Å². The van der Waals surface area contributed by atoms with E-state index in [4.69, 9.17) is 20.0 Å². The highest BCUT2D eigenvalue weighted by atomic mass is 32.1. The first-order chi connectivity index (χ1) is 19.3. The molecule has 0 spiro atoms. The van der Waals surface area contributed by atoms with Gasteiger partial charge in [0.1, 0.15) is 21.3 Å². The van der Waals surface area contributed by atoms with Crippen molar-refractivity contribution in [1.29, 1.82) is 0 Å². The average molecular weight is 554 g/mol. The van der Waals surface area contributed by atoms with Crippen LogP contribution in [-0.2, 0) is 0 Å². The van der Waals surface area contributed by atoms with Gasteiger partial charge in [-0.3, -0.25) is 9.32 Å². The van der Waals surface area contributed by atoms with Crippen LogP contribution in [0, 0.1) is 12.7 Å². The van der Waals surface area contributed by atoms with E-state index in [1.807, 2.05) is 49.4 Å². The van der Waals surface area contributed by atoms with Crippen molar-refractivity contribution in [3.8, 4) is 39.8 Å². The topological polar surface area (TPSA) is 115 Å². The number of ketones is 1. The van der Waals surface area contributed by atoms with Crippen molar-refractivity contribution in [2.45, 2.75) is 6.92 Å². The van der Waals surface area contributed by atoms with E-state index in [0.717, 1.165) is 22.5 Å². The first kappa shape index (κ1) is 25.2. The van der Waals surface area contributed by atoms with Crippen molar-refractivity contribution < 1.29 is 28.2 Å². The Bertz CT molecular complexity index is 1900. The average Bonchev–Trinajstić information content (AvgIpc) is 3.52. The molecule has 0 bridgehead atoms. The second-order valence-corrected chi connectivity index (χ2v) is 10.1. The maximum atomic E-state index is 14.3. The number of benzene rings is 3. The lowest BCUT2D eigenvalue weighted by Gasteiger charge is -2.09. The fraction of sp³-hybridized carbons (Fsp3) is 0.0667. The number of nitrogens with zero attached hydrogens (tertiary/aromatic N) is 3. The van der Waals surface area contributed by atoms with Crippen molar-refractivity contribution in [3.63, 3.8) is 0 Å². The zero-order valence-corrected chi connectivity index (χ0v) is 22.2. The second kappa shape index (κ2) is 9.90. The molecule has 6 aromatic rings. The lowest BCUT2D eigenvalue weighted by atomic mass is 9.99. The van der Waals surface area contributed by atoms with Gasteiger partial charge >= 0.3 is 11.6 Å². The van der Waals surface area contributed by atoms with Crippen LogP contribution >= 0.6 is 11.3 Å². The number of aromatic hydroxyl groups is 1. The number of carbonyl (C=O) groups is 1. The first-order valence-corrected chi connectivity index (χ1v) is 13.0. The highest BCUT2D eigenvalue weighted by Crippen LogP contribution is 2.42. The molecule has 0 radical (unpaired) electrons. The number of nitrogen functional groups attached to an aromatic ring is 1. The molecule has 3 aromatic carbocycles. The smallest absolute Gasteiger partial charge is 0.393 e. The van der Waals surface area contributed by atoms with Crippen LogP contribution in [0.5, 0.6) is 11.7 Å². The van der Waals surface area contributed by atoms with Crippen molar-refractivity contribution in [2.75, 3.05) is 12.8 Å². The number of hydrogen-bond donors (Lipinski definition) is 2. The Balaban J connectivity index is 1.55. The lowest BCUT2D eigenvalue weighted by molar-refractivity contribution is -0.672. The quantitative estimate of drug-likeness (QED) is 0.196. The molecule has 0 saturated heterocycles. The number of halogens is 1. The van der Waals surface area contributed by atoms with Crippen LogP contribution in [0.1, 0.15) is 20.9 Å². The predicted octanol–water partition coefficient (Wildman–Crippen LogP) is 5.87. The molecule has 3 N–H and O–H groups in total. The van der Waals surface area contributed by atoms with E-state index in [2.05, 4.69) is 5.27 Å².